The molecule has 3 aromatic rings. The number of hydrogen-bond acceptors (Lipinski definition) is 4. The number of nitrogens with zero attached hydrogens (tertiary/aromatic N) is 2. The lowest BCUT2D eigenvalue weighted by Crippen LogP contribution is -2.25. The molecule has 0 spiro atoms. The Labute approximate surface area is 157 Å². The summed E-state index contributed by atoms with van der Waals surface area (Å²) < 4.78 is 12.0. The number of aromatic nitrogens is 1. The monoisotopic (exact) mass is 364 g/mol. The number of aryl methyl sites for hydroxylation is 2. The number of nitriles is 1. The standard InChI is InChI=1S/C21H17ClN2O2/c1-13-2-4-14(5-3-13)21-24-19-11-17(8-9-20(19)26-21)25-16-7-6-15(12-23)18(22)10-16/h2-7,10,17H,8-9,11H2,1H3/t17-/m1/s1. The Kier molecular flexibility index (Phi) is 4.40. The first-order chi connectivity index (χ1) is 12.6. The van der Waals surface area contributed by atoms with E-state index >= 15 is 0 Å². The molecule has 0 unspecified atom stereocenters. The molecule has 0 amide bonds. The number of hydrogen-bond donors (Lipinski definition) is 0. The van der Waals surface area contributed by atoms with E-state index in [1.54, 1.807) is 18.2 Å². The van der Waals surface area contributed by atoms with Crippen LogP contribution in [-0.2, 0) is 12.8 Å². The fraction of sp³-hybridized carbons (Fsp3) is 0.238. The van der Waals surface area contributed by atoms with E-state index in [2.05, 4.69) is 30.1 Å². The van der Waals surface area contributed by atoms with Gasteiger partial charge in [0.2, 0.25) is 5.89 Å². The molecular formula is C21H17ClN2O2. The molecule has 0 fully saturated rings. The number of halogens is 1. The van der Waals surface area contributed by atoms with Gasteiger partial charge in [-0.1, -0.05) is 29.3 Å². The highest BCUT2D eigenvalue weighted by atomic mass is 35.5. The van der Waals surface area contributed by atoms with Crippen molar-refractivity contribution < 1.29 is 9.15 Å². The topological polar surface area (TPSA) is 59.1 Å². The van der Waals surface area contributed by atoms with Gasteiger partial charge in [0.1, 0.15) is 23.7 Å². The van der Waals surface area contributed by atoms with Crippen molar-refractivity contribution in [2.45, 2.75) is 32.3 Å². The maximum absolute atomic E-state index is 8.96. The first-order valence-corrected chi connectivity index (χ1v) is 8.92. The van der Waals surface area contributed by atoms with Gasteiger partial charge in [-0.3, -0.25) is 0 Å². The first kappa shape index (κ1) is 16.7. The largest absolute Gasteiger partial charge is 0.490 e. The molecule has 1 heterocycles. The number of oxazole rings is 1. The molecule has 2 aromatic carbocycles. The lowest BCUT2D eigenvalue weighted by atomic mass is 9.99. The van der Waals surface area contributed by atoms with Crippen LogP contribution in [0.1, 0.15) is 29.0 Å². The molecule has 4 nitrogen and oxygen atoms in total. The predicted octanol–water partition coefficient (Wildman–Crippen LogP) is 5.11. The van der Waals surface area contributed by atoms with Crippen LogP contribution in [0.2, 0.25) is 5.02 Å². The third kappa shape index (κ3) is 3.31. The second kappa shape index (κ2) is 6.86. The molecule has 130 valence electrons. The highest BCUT2D eigenvalue weighted by Gasteiger charge is 2.26. The zero-order valence-electron chi connectivity index (χ0n) is 14.3. The molecule has 1 atom stereocenters. The molecule has 0 radical (unpaired) electrons. The van der Waals surface area contributed by atoms with Crippen LogP contribution in [0.25, 0.3) is 11.5 Å². The molecule has 0 N–H and O–H groups in total. The summed E-state index contributed by atoms with van der Waals surface area (Å²) in [4.78, 5) is 4.67. The van der Waals surface area contributed by atoms with Crippen molar-refractivity contribution in [3.8, 4) is 23.3 Å². The predicted molar refractivity (Wildman–Crippen MR) is 99.3 cm³/mol. The lowest BCUT2D eigenvalue weighted by Gasteiger charge is -2.22. The third-order valence-corrected chi connectivity index (χ3v) is 4.87. The van der Waals surface area contributed by atoms with Crippen LogP contribution in [-0.4, -0.2) is 11.1 Å². The van der Waals surface area contributed by atoms with E-state index in [0.717, 1.165) is 29.9 Å². The van der Waals surface area contributed by atoms with Crippen molar-refractivity contribution in [1.82, 2.24) is 4.98 Å². The minimum atomic E-state index is 0.0162. The van der Waals surface area contributed by atoms with Gasteiger partial charge in [-0.15, -0.1) is 0 Å². The summed E-state index contributed by atoms with van der Waals surface area (Å²) in [7, 11) is 0. The zero-order valence-corrected chi connectivity index (χ0v) is 15.1. The Hall–Kier alpha value is -2.77. The van der Waals surface area contributed by atoms with Gasteiger partial charge in [0, 0.05) is 24.5 Å². The van der Waals surface area contributed by atoms with Gasteiger partial charge in [0.15, 0.2) is 0 Å². The van der Waals surface area contributed by atoms with E-state index < -0.39 is 0 Å². The van der Waals surface area contributed by atoms with Crippen molar-refractivity contribution in [1.29, 1.82) is 5.26 Å². The Morgan fingerprint density at radius 1 is 1.23 bits per heavy atom. The highest BCUT2D eigenvalue weighted by molar-refractivity contribution is 6.31. The average molecular weight is 365 g/mol. The minimum absolute atomic E-state index is 0.0162. The smallest absolute Gasteiger partial charge is 0.226 e. The van der Waals surface area contributed by atoms with Crippen LogP contribution < -0.4 is 4.74 Å². The van der Waals surface area contributed by atoms with E-state index in [0.29, 0.717) is 28.6 Å². The van der Waals surface area contributed by atoms with Gasteiger partial charge >= 0.3 is 0 Å². The Morgan fingerprint density at radius 2 is 2.04 bits per heavy atom. The number of fused-ring (bicyclic) bond motifs is 1. The van der Waals surface area contributed by atoms with Crippen LogP contribution in [0.4, 0.5) is 0 Å². The second-order valence-corrected chi connectivity index (χ2v) is 6.90. The molecule has 5 heteroatoms. The summed E-state index contributed by atoms with van der Waals surface area (Å²) in [5.41, 5.74) is 3.60. The van der Waals surface area contributed by atoms with E-state index in [4.69, 9.17) is 26.0 Å². The molecule has 26 heavy (non-hydrogen) atoms. The average Bonchev–Trinajstić information content (AvgIpc) is 3.06. The fourth-order valence-electron chi connectivity index (χ4n) is 3.12. The van der Waals surface area contributed by atoms with Crippen LogP contribution in [0, 0.1) is 18.3 Å². The van der Waals surface area contributed by atoms with Gasteiger partial charge in [-0.2, -0.15) is 5.26 Å². The van der Waals surface area contributed by atoms with Crippen LogP contribution >= 0.6 is 11.6 Å². The SMILES string of the molecule is Cc1ccc(-c2nc3c(o2)CC[C@@H](Oc2ccc(C#N)c(Cl)c2)C3)cc1. The summed E-state index contributed by atoms with van der Waals surface area (Å²) >= 11 is 6.08. The van der Waals surface area contributed by atoms with Crippen LogP contribution in [0.5, 0.6) is 5.75 Å². The number of benzene rings is 2. The highest BCUT2D eigenvalue weighted by Crippen LogP contribution is 2.30. The van der Waals surface area contributed by atoms with Gasteiger partial charge in [-0.25, -0.2) is 4.98 Å². The van der Waals surface area contributed by atoms with Gasteiger partial charge in [0.05, 0.1) is 16.3 Å². The summed E-state index contributed by atoms with van der Waals surface area (Å²) in [6.07, 6.45) is 2.36. The van der Waals surface area contributed by atoms with E-state index in [-0.39, 0.29) is 6.10 Å². The molecule has 1 aliphatic carbocycles. The van der Waals surface area contributed by atoms with Gasteiger partial charge < -0.3 is 9.15 Å². The number of ether oxygens (including phenoxy) is 1. The molecule has 0 bridgehead atoms. The molecule has 0 saturated heterocycles. The zero-order chi connectivity index (χ0) is 18.1. The number of rotatable bonds is 3. The summed E-state index contributed by atoms with van der Waals surface area (Å²) in [5.74, 6) is 2.28. The maximum atomic E-state index is 8.96. The van der Waals surface area contributed by atoms with Crippen LogP contribution in [0.3, 0.4) is 0 Å². The third-order valence-electron chi connectivity index (χ3n) is 4.55. The van der Waals surface area contributed by atoms with Crippen molar-refractivity contribution in [3.63, 3.8) is 0 Å². The van der Waals surface area contributed by atoms with Crippen LogP contribution in [0.15, 0.2) is 46.9 Å². The Morgan fingerprint density at radius 3 is 2.77 bits per heavy atom. The summed E-state index contributed by atoms with van der Waals surface area (Å²) in [6, 6.07) is 15.4. The maximum Gasteiger partial charge on any atom is 0.226 e. The Balaban J connectivity index is 1.50. The van der Waals surface area contributed by atoms with E-state index in [9.17, 15) is 0 Å². The van der Waals surface area contributed by atoms with E-state index in [1.165, 1.54) is 5.56 Å². The molecule has 1 aromatic heterocycles. The van der Waals surface area contributed by atoms with Crippen molar-refractivity contribution in [2.75, 3.05) is 0 Å². The molecule has 0 aliphatic heterocycles. The van der Waals surface area contributed by atoms with Crippen molar-refractivity contribution in [3.05, 3.63) is 70.1 Å². The quantitative estimate of drug-likeness (QED) is 0.647. The summed E-state index contributed by atoms with van der Waals surface area (Å²) in [5, 5.41) is 9.36. The second-order valence-electron chi connectivity index (χ2n) is 6.49. The molecular weight excluding hydrogens is 348 g/mol. The summed E-state index contributed by atoms with van der Waals surface area (Å²) in [6.45, 7) is 2.06. The van der Waals surface area contributed by atoms with Crippen molar-refractivity contribution in [2.24, 2.45) is 0 Å². The fourth-order valence-corrected chi connectivity index (χ4v) is 3.33. The minimum Gasteiger partial charge on any atom is -0.490 e. The Bertz CT molecular complexity index is 986. The van der Waals surface area contributed by atoms with Gasteiger partial charge in [0.25, 0.3) is 0 Å². The molecule has 1 aliphatic rings. The van der Waals surface area contributed by atoms with Crippen molar-refractivity contribution >= 4 is 11.6 Å². The van der Waals surface area contributed by atoms with Gasteiger partial charge in [-0.05, 0) is 37.6 Å². The lowest BCUT2D eigenvalue weighted by molar-refractivity contribution is 0.179. The van der Waals surface area contributed by atoms with E-state index in [1.807, 2.05) is 12.1 Å². The molecule has 4 rings (SSSR count). The normalized spacial score (nSPS) is 16.0. The molecule has 0 saturated carbocycles. The first-order valence-electron chi connectivity index (χ1n) is 8.54.